The van der Waals surface area contributed by atoms with Gasteiger partial charge in [-0.15, -0.1) is 0 Å². The fourth-order valence-electron chi connectivity index (χ4n) is 2.03. The van der Waals surface area contributed by atoms with Crippen LogP contribution in [0.1, 0.15) is 28.8 Å². The molecule has 2 aromatic rings. The summed E-state index contributed by atoms with van der Waals surface area (Å²) in [6.45, 7) is 1.98. The van der Waals surface area contributed by atoms with Gasteiger partial charge in [-0.1, -0.05) is 60.7 Å². The number of rotatable bonds is 5. The van der Waals surface area contributed by atoms with Crippen molar-refractivity contribution < 1.29 is 14.3 Å². The minimum atomic E-state index is -0.904. The Morgan fingerprint density at radius 1 is 0.950 bits per heavy atom. The van der Waals surface area contributed by atoms with Crippen LogP contribution in [0.4, 0.5) is 0 Å². The Kier molecular flexibility index (Phi) is 4.66. The smallest absolute Gasteiger partial charge is 0.321 e. The van der Waals surface area contributed by atoms with Crippen LogP contribution in [0.5, 0.6) is 0 Å². The summed E-state index contributed by atoms with van der Waals surface area (Å²) in [5.41, 5.74) is 1.16. The average molecular weight is 268 g/mol. The Bertz CT molecular complexity index is 576. The molecule has 0 aromatic heterocycles. The molecule has 0 saturated carbocycles. The first-order valence-corrected chi connectivity index (χ1v) is 6.55. The molecule has 102 valence electrons. The van der Waals surface area contributed by atoms with Gasteiger partial charge >= 0.3 is 5.97 Å². The van der Waals surface area contributed by atoms with E-state index >= 15 is 0 Å². The summed E-state index contributed by atoms with van der Waals surface area (Å²) in [6.07, 6.45) is 0. The minimum Gasteiger partial charge on any atom is -0.465 e. The lowest BCUT2D eigenvalue weighted by Gasteiger charge is -2.15. The third kappa shape index (κ3) is 3.12. The van der Waals surface area contributed by atoms with Gasteiger partial charge in [-0.25, -0.2) is 0 Å². The molecule has 0 spiro atoms. The lowest BCUT2D eigenvalue weighted by atomic mass is 9.91. The molecule has 2 aromatic carbocycles. The highest BCUT2D eigenvalue weighted by molar-refractivity contribution is 6.12. The molecule has 0 fully saturated rings. The summed E-state index contributed by atoms with van der Waals surface area (Å²) in [7, 11) is 0. The first kappa shape index (κ1) is 14.0. The lowest BCUT2D eigenvalue weighted by Crippen LogP contribution is -2.24. The van der Waals surface area contributed by atoms with Gasteiger partial charge < -0.3 is 4.74 Å². The molecule has 0 bridgehead atoms. The monoisotopic (exact) mass is 268 g/mol. The molecule has 1 atom stereocenters. The van der Waals surface area contributed by atoms with E-state index in [2.05, 4.69) is 0 Å². The summed E-state index contributed by atoms with van der Waals surface area (Å²) < 4.78 is 5.04. The molecule has 3 nitrogen and oxygen atoms in total. The molecule has 0 saturated heterocycles. The van der Waals surface area contributed by atoms with Crippen LogP contribution < -0.4 is 0 Å². The maximum Gasteiger partial charge on any atom is 0.321 e. The molecule has 0 heterocycles. The Morgan fingerprint density at radius 3 is 2.05 bits per heavy atom. The number of hydrogen-bond donors (Lipinski definition) is 0. The van der Waals surface area contributed by atoms with E-state index in [-0.39, 0.29) is 12.4 Å². The quantitative estimate of drug-likeness (QED) is 0.475. The van der Waals surface area contributed by atoms with Crippen LogP contribution in [0.3, 0.4) is 0 Å². The Hall–Kier alpha value is -2.42. The van der Waals surface area contributed by atoms with E-state index in [1.807, 2.05) is 12.1 Å². The zero-order chi connectivity index (χ0) is 14.4. The van der Waals surface area contributed by atoms with Crippen LogP contribution in [0.15, 0.2) is 60.7 Å². The molecule has 0 unspecified atom stereocenters. The summed E-state index contributed by atoms with van der Waals surface area (Å²) in [6, 6.07) is 17.8. The maximum absolute atomic E-state index is 12.6. The van der Waals surface area contributed by atoms with Gasteiger partial charge in [0.2, 0.25) is 0 Å². The van der Waals surface area contributed by atoms with Crippen molar-refractivity contribution in [1.29, 1.82) is 0 Å². The van der Waals surface area contributed by atoms with Gasteiger partial charge in [0, 0.05) is 5.56 Å². The molecule has 0 amide bonds. The minimum absolute atomic E-state index is 0.241. The van der Waals surface area contributed by atoms with E-state index in [9.17, 15) is 9.59 Å². The first-order chi connectivity index (χ1) is 9.74. The van der Waals surface area contributed by atoms with E-state index in [1.165, 1.54) is 0 Å². The normalized spacial score (nSPS) is 11.7. The molecule has 0 N–H and O–H groups in total. The molecular weight excluding hydrogens is 252 g/mol. The van der Waals surface area contributed by atoms with Crippen molar-refractivity contribution in [3.8, 4) is 0 Å². The second-order valence-corrected chi connectivity index (χ2v) is 4.33. The summed E-state index contributed by atoms with van der Waals surface area (Å²) in [4.78, 5) is 24.7. The van der Waals surface area contributed by atoms with Crippen LogP contribution >= 0.6 is 0 Å². The van der Waals surface area contributed by atoms with Gasteiger partial charge in [-0.3, -0.25) is 9.59 Å². The number of ether oxygens (including phenoxy) is 1. The van der Waals surface area contributed by atoms with Crippen LogP contribution in [0.25, 0.3) is 0 Å². The van der Waals surface area contributed by atoms with Crippen molar-refractivity contribution >= 4 is 11.8 Å². The Labute approximate surface area is 118 Å². The van der Waals surface area contributed by atoms with E-state index in [1.54, 1.807) is 55.5 Å². The largest absolute Gasteiger partial charge is 0.465 e. The molecule has 3 heteroatoms. The van der Waals surface area contributed by atoms with E-state index in [0.717, 1.165) is 0 Å². The van der Waals surface area contributed by atoms with E-state index in [0.29, 0.717) is 11.1 Å². The Balaban J connectivity index is 2.37. The first-order valence-electron chi connectivity index (χ1n) is 6.55. The molecule has 0 aliphatic rings. The van der Waals surface area contributed by atoms with Crippen molar-refractivity contribution in [1.82, 2.24) is 0 Å². The van der Waals surface area contributed by atoms with Gasteiger partial charge in [0.25, 0.3) is 0 Å². The van der Waals surface area contributed by atoms with Gasteiger partial charge in [0.1, 0.15) is 5.92 Å². The highest BCUT2D eigenvalue weighted by atomic mass is 16.5. The van der Waals surface area contributed by atoms with Gasteiger partial charge in [-0.05, 0) is 12.5 Å². The molecular formula is C17H16O3. The lowest BCUT2D eigenvalue weighted by molar-refractivity contribution is -0.143. The van der Waals surface area contributed by atoms with Crippen LogP contribution in [0, 0.1) is 0 Å². The maximum atomic E-state index is 12.6. The zero-order valence-electron chi connectivity index (χ0n) is 11.3. The van der Waals surface area contributed by atoms with E-state index < -0.39 is 11.9 Å². The molecule has 0 radical (unpaired) electrons. The van der Waals surface area contributed by atoms with Crippen molar-refractivity contribution in [2.75, 3.05) is 6.61 Å². The van der Waals surface area contributed by atoms with Crippen molar-refractivity contribution in [3.05, 3.63) is 71.8 Å². The SMILES string of the molecule is CCOC(=O)[C@@H](C(=O)c1ccccc1)c1ccccc1. The van der Waals surface area contributed by atoms with Gasteiger partial charge in [0.15, 0.2) is 5.78 Å². The number of benzene rings is 2. The number of hydrogen-bond acceptors (Lipinski definition) is 3. The predicted molar refractivity (Wildman–Crippen MR) is 76.6 cm³/mol. The van der Waals surface area contributed by atoms with Crippen LogP contribution in [0.2, 0.25) is 0 Å². The number of esters is 1. The van der Waals surface area contributed by atoms with Crippen molar-refractivity contribution in [3.63, 3.8) is 0 Å². The van der Waals surface area contributed by atoms with Gasteiger partial charge in [0.05, 0.1) is 6.61 Å². The fourth-order valence-corrected chi connectivity index (χ4v) is 2.03. The predicted octanol–water partition coefficient (Wildman–Crippen LogP) is 3.22. The average Bonchev–Trinajstić information content (AvgIpc) is 2.50. The zero-order valence-corrected chi connectivity index (χ0v) is 11.3. The second-order valence-electron chi connectivity index (χ2n) is 4.33. The van der Waals surface area contributed by atoms with Crippen molar-refractivity contribution in [2.24, 2.45) is 0 Å². The standard InChI is InChI=1S/C17H16O3/c1-2-20-17(19)15(13-9-5-3-6-10-13)16(18)14-11-7-4-8-12-14/h3-12,15H,2H2,1H3/t15-/m1/s1. The third-order valence-corrected chi connectivity index (χ3v) is 2.98. The molecule has 0 aliphatic heterocycles. The van der Waals surface area contributed by atoms with Crippen LogP contribution in [-0.4, -0.2) is 18.4 Å². The Morgan fingerprint density at radius 2 is 1.50 bits per heavy atom. The summed E-state index contributed by atoms with van der Waals surface area (Å²) in [5, 5.41) is 0. The highest BCUT2D eigenvalue weighted by Gasteiger charge is 2.30. The van der Waals surface area contributed by atoms with Gasteiger partial charge in [-0.2, -0.15) is 0 Å². The number of carbonyl (C=O) groups excluding carboxylic acids is 2. The second kappa shape index (κ2) is 6.66. The number of ketones is 1. The topological polar surface area (TPSA) is 43.4 Å². The van der Waals surface area contributed by atoms with Crippen molar-refractivity contribution in [2.45, 2.75) is 12.8 Å². The summed E-state index contributed by atoms with van der Waals surface area (Å²) >= 11 is 0. The molecule has 2 rings (SSSR count). The summed E-state index contributed by atoms with van der Waals surface area (Å²) in [5.74, 6) is -1.65. The molecule has 20 heavy (non-hydrogen) atoms. The van der Waals surface area contributed by atoms with Crippen LogP contribution in [-0.2, 0) is 9.53 Å². The fraction of sp³-hybridized carbons (Fsp3) is 0.176. The number of Topliss-reactive ketones (excluding diaryl/α,β-unsaturated/α-hetero) is 1. The highest BCUT2D eigenvalue weighted by Crippen LogP contribution is 2.22. The van der Waals surface area contributed by atoms with E-state index in [4.69, 9.17) is 4.74 Å². The number of carbonyl (C=O) groups is 2. The molecule has 0 aliphatic carbocycles. The third-order valence-electron chi connectivity index (χ3n) is 2.98.